The van der Waals surface area contributed by atoms with Crippen molar-refractivity contribution in [2.75, 3.05) is 0 Å². The number of nitriles is 1. The third kappa shape index (κ3) is 3.10. The van der Waals surface area contributed by atoms with E-state index in [1.165, 1.54) is 12.2 Å². The molecule has 0 saturated heterocycles. The Kier molecular flexibility index (Phi) is 3.96. The van der Waals surface area contributed by atoms with Crippen molar-refractivity contribution in [3.05, 3.63) is 46.5 Å². The SMILES string of the molecule is Cn1cc2cc(Br)cc(O/C(N)=C/C=C(\N)C#N)c2n1. The van der Waals surface area contributed by atoms with Crippen LogP contribution in [0.3, 0.4) is 0 Å². The highest BCUT2D eigenvalue weighted by Gasteiger charge is 2.09. The molecular formula is C13H12BrN5O. The molecule has 0 spiro atoms. The summed E-state index contributed by atoms with van der Waals surface area (Å²) in [6, 6.07) is 5.49. The van der Waals surface area contributed by atoms with E-state index in [0.717, 1.165) is 9.86 Å². The predicted molar refractivity (Wildman–Crippen MR) is 79.2 cm³/mol. The second-order valence-corrected chi connectivity index (χ2v) is 4.97. The lowest BCUT2D eigenvalue weighted by Crippen LogP contribution is -2.06. The van der Waals surface area contributed by atoms with Crippen molar-refractivity contribution in [2.24, 2.45) is 18.5 Å². The minimum Gasteiger partial charge on any atom is -0.439 e. The Morgan fingerprint density at radius 3 is 2.90 bits per heavy atom. The van der Waals surface area contributed by atoms with Crippen LogP contribution in [0.1, 0.15) is 0 Å². The van der Waals surface area contributed by atoms with Crippen LogP contribution in [0.25, 0.3) is 10.9 Å². The van der Waals surface area contributed by atoms with Gasteiger partial charge in [0.1, 0.15) is 17.3 Å². The number of hydrogen-bond donors (Lipinski definition) is 2. The van der Waals surface area contributed by atoms with Gasteiger partial charge in [-0.2, -0.15) is 10.4 Å². The minimum atomic E-state index is 0.0498. The van der Waals surface area contributed by atoms with Gasteiger partial charge >= 0.3 is 0 Å². The van der Waals surface area contributed by atoms with Crippen LogP contribution in [0, 0.1) is 11.3 Å². The Hall–Kier alpha value is -2.46. The van der Waals surface area contributed by atoms with E-state index < -0.39 is 0 Å². The topological polar surface area (TPSA) is 103 Å². The second kappa shape index (κ2) is 5.67. The molecule has 7 heteroatoms. The van der Waals surface area contributed by atoms with Crippen LogP contribution in [-0.4, -0.2) is 9.78 Å². The van der Waals surface area contributed by atoms with Crippen molar-refractivity contribution in [1.82, 2.24) is 9.78 Å². The Morgan fingerprint density at radius 2 is 2.20 bits per heavy atom. The first-order valence-electron chi connectivity index (χ1n) is 5.63. The number of nitrogens with zero attached hydrogens (tertiary/aromatic N) is 3. The number of halogens is 1. The Labute approximate surface area is 124 Å². The largest absolute Gasteiger partial charge is 0.439 e. The summed E-state index contributed by atoms with van der Waals surface area (Å²) in [5.41, 5.74) is 11.8. The van der Waals surface area contributed by atoms with E-state index >= 15 is 0 Å². The molecule has 0 aliphatic carbocycles. The molecule has 0 saturated carbocycles. The molecule has 0 amide bonds. The number of fused-ring (bicyclic) bond motifs is 1. The number of aryl methyl sites for hydroxylation is 1. The van der Waals surface area contributed by atoms with Gasteiger partial charge in [0.15, 0.2) is 11.6 Å². The Balaban J connectivity index is 2.36. The molecule has 0 unspecified atom stereocenters. The molecule has 0 fully saturated rings. The monoisotopic (exact) mass is 333 g/mol. The molecular weight excluding hydrogens is 322 g/mol. The highest BCUT2D eigenvalue weighted by molar-refractivity contribution is 9.10. The van der Waals surface area contributed by atoms with Gasteiger partial charge in [0.05, 0.1) is 0 Å². The smallest absolute Gasteiger partial charge is 0.191 e. The van der Waals surface area contributed by atoms with Gasteiger partial charge in [-0.15, -0.1) is 0 Å². The summed E-state index contributed by atoms with van der Waals surface area (Å²) in [5.74, 6) is 0.640. The number of ether oxygens (including phenoxy) is 1. The maximum Gasteiger partial charge on any atom is 0.191 e. The predicted octanol–water partition coefficient (Wildman–Crippen LogP) is 1.88. The maximum absolute atomic E-state index is 8.54. The van der Waals surface area contributed by atoms with Gasteiger partial charge < -0.3 is 16.2 Å². The lowest BCUT2D eigenvalue weighted by Gasteiger charge is -2.06. The third-order valence-corrected chi connectivity index (χ3v) is 2.89. The van der Waals surface area contributed by atoms with E-state index in [-0.39, 0.29) is 11.6 Å². The number of nitrogens with two attached hydrogens (primary N) is 2. The molecule has 1 aromatic carbocycles. The zero-order chi connectivity index (χ0) is 14.7. The molecule has 0 bridgehead atoms. The molecule has 2 rings (SSSR count). The van der Waals surface area contributed by atoms with Crippen molar-refractivity contribution in [3.63, 3.8) is 0 Å². The lowest BCUT2D eigenvalue weighted by molar-refractivity contribution is 0.423. The van der Waals surface area contributed by atoms with Gasteiger partial charge in [-0.25, -0.2) is 0 Å². The molecule has 2 aromatic rings. The fraction of sp³-hybridized carbons (Fsp3) is 0.0769. The van der Waals surface area contributed by atoms with Crippen LogP contribution >= 0.6 is 15.9 Å². The number of aromatic nitrogens is 2. The highest BCUT2D eigenvalue weighted by Crippen LogP contribution is 2.29. The van der Waals surface area contributed by atoms with Crippen molar-refractivity contribution in [1.29, 1.82) is 5.26 Å². The van der Waals surface area contributed by atoms with Crippen molar-refractivity contribution >= 4 is 26.8 Å². The summed E-state index contributed by atoms with van der Waals surface area (Å²) in [6.07, 6.45) is 4.68. The van der Waals surface area contributed by atoms with E-state index in [2.05, 4.69) is 21.0 Å². The van der Waals surface area contributed by atoms with E-state index in [0.29, 0.717) is 11.3 Å². The molecule has 0 atom stereocenters. The lowest BCUT2D eigenvalue weighted by atomic mass is 10.2. The molecule has 0 aliphatic rings. The van der Waals surface area contributed by atoms with Crippen molar-refractivity contribution in [3.8, 4) is 11.8 Å². The van der Waals surface area contributed by atoms with Gasteiger partial charge in [-0.05, 0) is 18.2 Å². The molecule has 102 valence electrons. The van der Waals surface area contributed by atoms with Crippen LogP contribution < -0.4 is 16.2 Å². The quantitative estimate of drug-likeness (QED) is 0.507. The zero-order valence-electron chi connectivity index (χ0n) is 10.7. The summed E-state index contributed by atoms with van der Waals surface area (Å²) in [5, 5.41) is 13.8. The number of rotatable bonds is 3. The number of benzene rings is 1. The van der Waals surface area contributed by atoms with Crippen LogP contribution in [0.15, 0.2) is 46.5 Å². The van der Waals surface area contributed by atoms with E-state index in [4.69, 9.17) is 21.5 Å². The van der Waals surface area contributed by atoms with Gasteiger partial charge in [0.2, 0.25) is 0 Å². The first-order valence-corrected chi connectivity index (χ1v) is 6.42. The fourth-order valence-corrected chi connectivity index (χ4v) is 2.09. The number of hydrogen-bond acceptors (Lipinski definition) is 5. The average molecular weight is 334 g/mol. The zero-order valence-corrected chi connectivity index (χ0v) is 12.3. The Bertz CT molecular complexity index is 754. The molecule has 20 heavy (non-hydrogen) atoms. The van der Waals surface area contributed by atoms with Gasteiger partial charge in [0.25, 0.3) is 0 Å². The van der Waals surface area contributed by atoms with E-state index in [1.54, 1.807) is 16.8 Å². The molecule has 1 aromatic heterocycles. The average Bonchev–Trinajstić information content (AvgIpc) is 2.76. The highest BCUT2D eigenvalue weighted by atomic mass is 79.9. The molecule has 1 heterocycles. The van der Waals surface area contributed by atoms with Gasteiger partial charge in [-0.3, -0.25) is 4.68 Å². The third-order valence-electron chi connectivity index (χ3n) is 2.44. The van der Waals surface area contributed by atoms with Crippen LogP contribution in [-0.2, 0) is 7.05 Å². The van der Waals surface area contributed by atoms with Crippen LogP contribution in [0.2, 0.25) is 0 Å². The van der Waals surface area contributed by atoms with Gasteiger partial charge in [0, 0.05) is 29.2 Å². The van der Waals surface area contributed by atoms with Crippen LogP contribution in [0.4, 0.5) is 0 Å². The normalized spacial score (nSPS) is 12.4. The Morgan fingerprint density at radius 1 is 1.45 bits per heavy atom. The van der Waals surface area contributed by atoms with Crippen molar-refractivity contribution in [2.45, 2.75) is 0 Å². The first-order chi connectivity index (χ1) is 9.49. The molecule has 4 N–H and O–H groups in total. The van der Waals surface area contributed by atoms with Crippen molar-refractivity contribution < 1.29 is 4.74 Å². The van der Waals surface area contributed by atoms with E-state index in [1.807, 2.05) is 19.3 Å². The summed E-state index contributed by atoms with van der Waals surface area (Å²) in [7, 11) is 1.83. The minimum absolute atomic E-state index is 0.0498. The first kappa shape index (κ1) is 14.0. The summed E-state index contributed by atoms with van der Waals surface area (Å²) in [4.78, 5) is 0. The number of allylic oxidation sites excluding steroid dienone is 3. The molecule has 0 aliphatic heterocycles. The summed E-state index contributed by atoms with van der Waals surface area (Å²) in [6.45, 7) is 0. The maximum atomic E-state index is 8.54. The molecule has 6 nitrogen and oxygen atoms in total. The summed E-state index contributed by atoms with van der Waals surface area (Å²) < 4.78 is 8.09. The fourth-order valence-electron chi connectivity index (χ4n) is 1.64. The standard InChI is InChI=1S/C13H12BrN5O/c1-19-7-8-4-9(14)5-11(13(8)18-19)20-12(17)3-2-10(16)6-15/h2-5,7H,16-17H2,1H3/b10-2-,12-3+. The molecule has 0 radical (unpaired) electrons. The second-order valence-electron chi connectivity index (χ2n) is 4.05. The van der Waals surface area contributed by atoms with Crippen LogP contribution in [0.5, 0.6) is 5.75 Å². The van der Waals surface area contributed by atoms with E-state index in [9.17, 15) is 0 Å². The van der Waals surface area contributed by atoms with Gasteiger partial charge in [-0.1, -0.05) is 15.9 Å². The summed E-state index contributed by atoms with van der Waals surface area (Å²) >= 11 is 3.40.